The zero-order valence-electron chi connectivity index (χ0n) is 7.05. The summed E-state index contributed by atoms with van der Waals surface area (Å²) in [5, 5.41) is 0. The summed E-state index contributed by atoms with van der Waals surface area (Å²) in [5.41, 5.74) is 0.451. The number of esters is 1. The van der Waals surface area contributed by atoms with E-state index in [0.29, 0.717) is 12.2 Å². The van der Waals surface area contributed by atoms with Gasteiger partial charge in [-0.15, -0.1) is 0 Å². The van der Waals surface area contributed by atoms with Gasteiger partial charge in [0.2, 0.25) is 0 Å². The van der Waals surface area contributed by atoms with Crippen LogP contribution in [0.1, 0.15) is 13.8 Å². The van der Waals surface area contributed by atoms with Crippen molar-refractivity contribution in [1.29, 1.82) is 0 Å². The predicted molar refractivity (Wildman–Crippen MR) is 42.3 cm³/mol. The third-order valence-corrected chi connectivity index (χ3v) is 0.828. The minimum absolute atomic E-state index is 0.312. The monoisotopic (exact) mass is 158 g/mol. The maximum atomic E-state index is 10.4. The Hall–Kier alpha value is -0.830. The molecule has 0 spiro atoms. The number of ether oxygens (including phenoxy) is 2. The van der Waals surface area contributed by atoms with Crippen LogP contribution in [0.5, 0.6) is 0 Å². The molecule has 0 aliphatic carbocycles. The van der Waals surface area contributed by atoms with Gasteiger partial charge in [-0.1, -0.05) is 6.58 Å². The van der Waals surface area contributed by atoms with Crippen LogP contribution in [0.25, 0.3) is 0 Å². The average molecular weight is 158 g/mol. The number of hydrogen-bond acceptors (Lipinski definition) is 3. The fourth-order valence-corrected chi connectivity index (χ4v) is 0.254. The number of carbonyl (C=O) groups excluding carboxylic acids is 1. The van der Waals surface area contributed by atoms with E-state index in [1.807, 2.05) is 0 Å². The molecule has 1 fully saturated rings. The largest absolute Gasteiger partial charge is 0.463 e. The van der Waals surface area contributed by atoms with Crippen molar-refractivity contribution in [2.45, 2.75) is 13.8 Å². The Morgan fingerprint density at radius 2 is 2.09 bits per heavy atom. The summed E-state index contributed by atoms with van der Waals surface area (Å²) in [7, 11) is 0. The summed E-state index contributed by atoms with van der Waals surface area (Å²) in [6.07, 6.45) is 0. The van der Waals surface area contributed by atoms with Gasteiger partial charge >= 0.3 is 5.97 Å². The maximum Gasteiger partial charge on any atom is 0.333 e. The molecule has 1 aliphatic rings. The van der Waals surface area contributed by atoms with Crippen molar-refractivity contribution in [3.63, 3.8) is 0 Å². The molecule has 0 aromatic heterocycles. The quantitative estimate of drug-likeness (QED) is 0.343. The minimum Gasteiger partial charge on any atom is -0.463 e. The smallest absolute Gasteiger partial charge is 0.333 e. The van der Waals surface area contributed by atoms with Gasteiger partial charge in [0.25, 0.3) is 0 Å². The number of hydrogen-bond donors (Lipinski definition) is 0. The van der Waals surface area contributed by atoms with Gasteiger partial charge in [0, 0.05) is 5.57 Å². The van der Waals surface area contributed by atoms with Gasteiger partial charge in [-0.2, -0.15) is 0 Å². The first-order valence-corrected chi connectivity index (χ1v) is 3.58. The van der Waals surface area contributed by atoms with Gasteiger partial charge in [0.15, 0.2) is 0 Å². The number of carbonyl (C=O) groups is 1. The van der Waals surface area contributed by atoms with Crippen LogP contribution in [-0.2, 0) is 14.3 Å². The summed E-state index contributed by atoms with van der Waals surface area (Å²) in [6.45, 7) is 9.21. The maximum absolute atomic E-state index is 10.4. The van der Waals surface area contributed by atoms with Crippen LogP contribution >= 0.6 is 0 Å². The standard InChI is InChI=1S/C6H10O2.C2H4O/c1-4-8-6(7)5(2)3;1-2-3-1/h2,4H2,1,3H3;1-2H2. The SMILES string of the molecule is C1CO1.C=C(C)C(=O)OCC. The van der Waals surface area contributed by atoms with Crippen molar-refractivity contribution in [2.75, 3.05) is 19.8 Å². The third kappa shape index (κ3) is 9.17. The lowest BCUT2D eigenvalue weighted by atomic mass is 10.4. The Morgan fingerprint density at radius 1 is 1.64 bits per heavy atom. The zero-order valence-corrected chi connectivity index (χ0v) is 7.05. The normalized spacial score (nSPS) is 12.5. The molecule has 3 nitrogen and oxygen atoms in total. The third-order valence-electron chi connectivity index (χ3n) is 0.828. The molecule has 0 bridgehead atoms. The molecule has 1 rings (SSSR count). The van der Waals surface area contributed by atoms with Gasteiger partial charge in [-0.3, -0.25) is 0 Å². The van der Waals surface area contributed by atoms with Crippen LogP contribution in [0.3, 0.4) is 0 Å². The fourth-order valence-electron chi connectivity index (χ4n) is 0.254. The molecular formula is C8H14O3. The van der Waals surface area contributed by atoms with Crippen LogP contribution < -0.4 is 0 Å². The molecular weight excluding hydrogens is 144 g/mol. The Balaban J connectivity index is 0.000000271. The summed E-state index contributed by atoms with van der Waals surface area (Å²) < 4.78 is 9.06. The van der Waals surface area contributed by atoms with Gasteiger partial charge in [-0.25, -0.2) is 4.79 Å². The first kappa shape index (κ1) is 10.2. The minimum atomic E-state index is -0.312. The lowest BCUT2D eigenvalue weighted by Gasteiger charge is -1.96. The first-order valence-electron chi connectivity index (χ1n) is 3.58. The Morgan fingerprint density at radius 3 is 2.18 bits per heavy atom. The molecule has 0 atom stereocenters. The first-order chi connectivity index (χ1) is 5.18. The second-order valence-corrected chi connectivity index (χ2v) is 2.11. The molecule has 3 heteroatoms. The van der Waals surface area contributed by atoms with E-state index in [-0.39, 0.29) is 5.97 Å². The second-order valence-electron chi connectivity index (χ2n) is 2.11. The predicted octanol–water partition coefficient (Wildman–Crippen LogP) is 1.14. The molecule has 11 heavy (non-hydrogen) atoms. The average Bonchev–Trinajstić information content (AvgIpc) is 2.72. The Labute approximate surface area is 67.0 Å². The molecule has 0 amide bonds. The topological polar surface area (TPSA) is 38.8 Å². The Kier molecular flexibility index (Phi) is 5.47. The summed E-state index contributed by atoms with van der Waals surface area (Å²) in [4.78, 5) is 10.4. The number of epoxide rings is 1. The highest BCUT2D eigenvalue weighted by Gasteiger charge is 1.98. The highest BCUT2D eigenvalue weighted by atomic mass is 16.6. The molecule has 0 unspecified atom stereocenters. The van der Waals surface area contributed by atoms with Crippen molar-refractivity contribution in [1.82, 2.24) is 0 Å². The van der Waals surface area contributed by atoms with Crippen molar-refractivity contribution in [2.24, 2.45) is 0 Å². The van der Waals surface area contributed by atoms with Crippen LogP contribution in [-0.4, -0.2) is 25.8 Å². The molecule has 0 aromatic carbocycles. The molecule has 1 heterocycles. The van der Waals surface area contributed by atoms with Crippen molar-refractivity contribution in [3.05, 3.63) is 12.2 Å². The van der Waals surface area contributed by atoms with E-state index < -0.39 is 0 Å². The van der Waals surface area contributed by atoms with Crippen LogP contribution in [0.2, 0.25) is 0 Å². The van der Waals surface area contributed by atoms with Crippen molar-refractivity contribution in [3.8, 4) is 0 Å². The lowest BCUT2D eigenvalue weighted by molar-refractivity contribution is -0.138. The van der Waals surface area contributed by atoms with E-state index in [4.69, 9.17) is 0 Å². The summed E-state index contributed by atoms with van der Waals surface area (Å²) in [5.74, 6) is -0.312. The summed E-state index contributed by atoms with van der Waals surface area (Å²) in [6, 6.07) is 0. The molecule has 0 aromatic rings. The van der Waals surface area contributed by atoms with E-state index in [1.54, 1.807) is 13.8 Å². The Bertz CT molecular complexity index is 136. The fraction of sp³-hybridized carbons (Fsp3) is 0.625. The van der Waals surface area contributed by atoms with Crippen LogP contribution in [0.15, 0.2) is 12.2 Å². The van der Waals surface area contributed by atoms with Gasteiger partial charge in [0.05, 0.1) is 19.8 Å². The molecule has 64 valence electrons. The van der Waals surface area contributed by atoms with E-state index >= 15 is 0 Å². The van der Waals surface area contributed by atoms with E-state index in [9.17, 15) is 4.79 Å². The second kappa shape index (κ2) is 5.92. The highest BCUT2D eigenvalue weighted by molar-refractivity contribution is 5.86. The molecule has 0 saturated carbocycles. The van der Waals surface area contributed by atoms with Crippen LogP contribution in [0, 0.1) is 0 Å². The molecule has 0 N–H and O–H groups in total. The van der Waals surface area contributed by atoms with Gasteiger partial charge in [-0.05, 0) is 13.8 Å². The van der Waals surface area contributed by atoms with Crippen molar-refractivity contribution < 1.29 is 14.3 Å². The molecule has 1 saturated heterocycles. The van der Waals surface area contributed by atoms with Gasteiger partial charge in [0.1, 0.15) is 0 Å². The lowest BCUT2D eigenvalue weighted by Crippen LogP contribution is -2.03. The van der Waals surface area contributed by atoms with Gasteiger partial charge < -0.3 is 9.47 Å². The van der Waals surface area contributed by atoms with Crippen LogP contribution in [0.4, 0.5) is 0 Å². The van der Waals surface area contributed by atoms with E-state index in [2.05, 4.69) is 16.1 Å². The highest BCUT2D eigenvalue weighted by Crippen LogP contribution is 1.89. The zero-order chi connectivity index (χ0) is 8.69. The van der Waals surface area contributed by atoms with E-state index in [1.165, 1.54) is 0 Å². The molecule has 0 radical (unpaired) electrons. The van der Waals surface area contributed by atoms with Crippen molar-refractivity contribution >= 4 is 5.97 Å². The summed E-state index contributed by atoms with van der Waals surface area (Å²) >= 11 is 0. The molecule has 1 aliphatic heterocycles. The van der Waals surface area contributed by atoms with E-state index in [0.717, 1.165) is 13.2 Å². The number of rotatable bonds is 2.